The average Bonchev–Trinajstić information content (AvgIpc) is 3.00. The standard InChI is InChI=1S/C22H27ClFN5O2S/c1-13(2)29-14(3)27-20-17(24)8-15(9-18(20)29)19-16(23)10-25-21(28-19)26-11-22(6-5-7-22)12-32(4,30)31/h8-10,13H,5-7,11-12H2,1-4H3,(H,25,26,28). The minimum atomic E-state index is -3.09. The summed E-state index contributed by atoms with van der Waals surface area (Å²) in [6, 6.07) is 3.34. The number of halogens is 2. The molecule has 32 heavy (non-hydrogen) atoms. The third-order valence-electron chi connectivity index (χ3n) is 6.06. The molecular formula is C22H27ClFN5O2S. The van der Waals surface area contributed by atoms with E-state index in [1.165, 1.54) is 18.5 Å². The summed E-state index contributed by atoms with van der Waals surface area (Å²) in [5.74, 6) is 0.760. The lowest BCUT2D eigenvalue weighted by Crippen LogP contribution is -2.42. The Morgan fingerprint density at radius 1 is 1.28 bits per heavy atom. The Morgan fingerprint density at radius 2 is 2.00 bits per heavy atom. The molecule has 172 valence electrons. The Kier molecular flexibility index (Phi) is 5.92. The van der Waals surface area contributed by atoms with Crippen LogP contribution >= 0.6 is 11.6 Å². The summed E-state index contributed by atoms with van der Waals surface area (Å²) in [4.78, 5) is 13.1. The van der Waals surface area contributed by atoms with Crippen LogP contribution in [-0.4, -0.2) is 46.5 Å². The van der Waals surface area contributed by atoms with Crippen LogP contribution in [0, 0.1) is 18.2 Å². The van der Waals surface area contributed by atoms with Crippen molar-refractivity contribution in [1.82, 2.24) is 19.5 Å². The summed E-state index contributed by atoms with van der Waals surface area (Å²) in [5.41, 5.74) is 1.63. The van der Waals surface area contributed by atoms with Crippen LogP contribution in [0.5, 0.6) is 0 Å². The number of aryl methyl sites for hydroxylation is 1. The van der Waals surface area contributed by atoms with Crippen molar-refractivity contribution >= 4 is 38.4 Å². The fraction of sp³-hybridized carbons (Fsp3) is 0.500. The lowest BCUT2D eigenvalue weighted by atomic mass is 9.70. The van der Waals surface area contributed by atoms with Gasteiger partial charge in [-0.2, -0.15) is 0 Å². The lowest BCUT2D eigenvalue weighted by Gasteiger charge is -2.41. The number of nitrogens with one attached hydrogen (secondary N) is 1. The van der Waals surface area contributed by atoms with Gasteiger partial charge in [-0.15, -0.1) is 0 Å². The third-order valence-corrected chi connectivity index (χ3v) is 7.48. The molecule has 0 bridgehead atoms. The van der Waals surface area contributed by atoms with Crippen molar-refractivity contribution in [3.8, 4) is 11.3 Å². The number of hydrogen-bond acceptors (Lipinski definition) is 6. The number of hydrogen-bond donors (Lipinski definition) is 1. The summed E-state index contributed by atoms with van der Waals surface area (Å²) in [6.45, 7) is 6.34. The highest BCUT2D eigenvalue weighted by Crippen LogP contribution is 2.42. The van der Waals surface area contributed by atoms with Gasteiger partial charge in [0, 0.05) is 29.8 Å². The van der Waals surface area contributed by atoms with Crippen LogP contribution in [0.25, 0.3) is 22.3 Å². The maximum Gasteiger partial charge on any atom is 0.223 e. The zero-order valence-electron chi connectivity index (χ0n) is 18.6. The molecule has 1 fully saturated rings. The van der Waals surface area contributed by atoms with Gasteiger partial charge in [0.25, 0.3) is 0 Å². The maximum atomic E-state index is 14.9. The Bertz CT molecular complexity index is 1290. The molecule has 10 heteroatoms. The van der Waals surface area contributed by atoms with Crippen molar-refractivity contribution in [2.45, 2.75) is 46.1 Å². The van der Waals surface area contributed by atoms with Crippen LogP contribution in [-0.2, 0) is 9.84 Å². The molecular weight excluding hydrogens is 453 g/mol. The molecule has 0 unspecified atom stereocenters. The first-order valence-corrected chi connectivity index (χ1v) is 13.0. The van der Waals surface area contributed by atoms with Gasteiger partial charge in [-0.05, 0) is 45.7 Å². The Morgan fingerprint density at radius 3 is 2.59 bits per heavy atom. The number of fused-ring (bicyclic) bond motifs is 1. The third kappa shape index (κ3) is 4.45. The van der Waals surface area contributed by atoms with Gasteiger partial charge >= 0.3 is 0 Å². The second kappa shape index (κ2) is 8.26. The second-order valence-corrected chi connectivity index (χ2v) is 11.7. The first-order valence-electron chi connectivity index (χ1n) is 10.6. The van der Waals surface area contributed by atoms with Crippen molar-refractivity contribution in [3.05, 3.63) is 35.0 Å². The lowest BCUT2D eigenvalue weighted by molar-refractivity contribution is 0.183. The molecule has 0 atom stereocenters. The van der Waals surface area contributed by atoms with Crippen molar-refractivity contribution in [1.29, 1.82) is 0 Å². The minimum Gasteiger partial charge on any atom is -0.354 e. The molecule has 7 nitrogen and oxygen atoms in total. The molecule has 2 heterocycles. The van der Waals surface area contributed by atoms with Gasteiger partial charge in [0.2, 0.25) is 5.95 Å². The summed E-state index contributed by atoms with van der Waals surface area (Å²) < 4.78 is 40.5. The molecule has 3 aromatic rings. The number of anilines is 1. The number of nitrogens with zero attached hydrogens (tertiary/aromatic N) is 4. The molecule has 0 saturated heterocycles. The van der Waals surface area contributed by atoms with Gasteiger partial charge in [0.15, 0.2) is 5.82 Å². The van der Waals surface area contributed by atoms with E-state index in [0.29, 0.717) is 39.8 Å². The van der Waals surface area contributed by atoms with Crippen LogP contribution in [0.2, 0.25) is 5.02 Å². The average molecular weight is 480 g/mol. The van der Waals surface area contributed by atoms with E-state index in [1.54, 1.807) is 0 Å². The van der Waals surface area contributed by atoms with E-state index >= 15 is 0 Å². The number of imidazole rings is 1. The monoisotopic (exact) mass is 479 g/mol. The van der Waals surface area contributed by atoms with E-state index in [9.17, 15) is 12.8 Å². The Balaban J connectivity index is 1.67. The highest BCUT2D eigenvalue weighted by atomic mass is 35.5. The molecule has 0 aliphatic heterocycles. The molecule has 1 aliphatic carbocycles. The van der Waals surface area contributed by atoms with E-state index in [0.717, 1.165) is 25.1 Å². The van der Waals surface area contributed by atoms with Gasteiger partial charge in [-0.3, -0.25) is 0 Å². The van der Waals surface area contributed by atoms with Crippen molar-refractivity contribution in [2.24, 2.45) is 5.41 Å². The molecule has 4 rings (SSSR count). The highest BCUT2D eigenvalue weighted by Gasteiger charge is 2.39. The number of benzene rings is 1. The van der Waals surface area contributed by atoms with Gasteiger partial charge < -0.3 is 9.88 Å². The number of sulfone groups is 1. The zero-order valence-corrected chi connectivity index (χ0v) is 20.2. The molecule has 0 amide bonds. The fourth-order valence-electron chi connectivity index (χ4n) is 4.58. The summed E-state index contributed by atoms with van der Waals surface area (Å²) >= 11 is 6.38. The van der Waals surface area contributed by atoms with Gasteiger partial charge in [0.1, 0.15) is 21.2 Å². The highest BCUT2D eigenvalue weighted by molar-refractivity contribution is 7.90. The molecule has 2 aromatic heterocycles. The molecule has 0 spiro atoms. The van der Waals surface area contributed by atoms with Crippen LogP contribution in [0.1, 0.15) is 45.0 Å². The molecule has 1 aliphatic rings. The maximum absolute atomic E-state index is 14.9. The Hall–Kier alpha value is -2.26. The zero-order chi connectivity index (χ0) is 23.3. The first-order chi connectivity index (χ1) is 15.0. The van der Waals surface area contributed by atoms with E-state index in [2.05, 4.69) is 20.3 Å². The summed E-state index contributed by atoms with van der Waals surface area (Å²) in [7, 11) is -3.09. The van der Waals surface area contributed by atoms with Crippen LogP contribution in [0.3, 0.4) is 0 Å². The molecule has 1 N–H and O–H groups in total. The molecule has 1 aromatic carbocycles. The predicted molar refractivity (Wildman–Crippen MR) is 125 cm³/mol. The van der Waals surface area contributed by atoms with Crippen molar-refractivity contribution in [3.63, 3.8) is 0 Å². The SMILES string of the molecule is Cc1nc2c(F)cc(-c3nc(NCC4(CS(C)(=O)=O)CCC4)ncc3Cl)cc2n1C(C)C. The number of aromatic nitrogens is 4. The topological polar surface area (TPSA) is 89.8 Å². The quantitative estimate of drug-likeness (QED) is 0.523. The number of rotatable bonds is 7. The second-order valence-electron chi connectivity index (χ2n) is 9.12. The van der Waals surface area contributed by atoms with Crippen LogP contribution in [0.15, 0.2) is 18.3 Å². The van der Waals surface area contributed by atoms with Crippen LogP contribution in [0.4, 0.5) is 10.3 Å². The smallest absolute Gasteiger partial charge is 0.223 e. The minimum absolute atomic E-state index is 0.112. The van der Waals surface area contributed by atoms with E-state index in [4.69, 9.17) is 11.6 Å². The summed E-state index contributed by atoms with van der Waals surface area (Å²) in [6.07, 6.45) is 5.43. The predicted octanol–water partition coefficient (Wildman–Crippen LogP) is 4.80. The Labute approximate surface area is 192 Å². The largest absolute Gasteiger partial charge is 0.354 e. The summed E-state index contributed by atoms with van der Waals surface area (Å²) in [5, 5.41) is 3.48. The van der Waals surface area contributed by atoms with Crippen molar-refractivity contribution < 1.29 is 12.8 Å². The van der Waals surface area contributed by atoms with E-state index in [-0.39, 0.29) is 17.2 Å². The normalized spacial score (nSPS) is 15.8. The molecule has 1 saturated carbocycles. The van der Waals surface area contributed by atoms with Crippen LogP contribution < -0.4 is 5.32 Å². The van der Waals surface area contributed by atoms with Gasteiger partial charge in [-0.1, -0.05) is 18.0 Å². The van der Waals surface area contributed by atoms with E-state index < -0.39 is 15.7 Å². The first kappa shape index (κ1) is 22.9. The molecule has 0 radical (unpaired) electrons. The van der Waals surface area contributed by atoms with Gasteiger partial charge in [0.05, 0.1) is 28.2 Å². The van der Waals surface area contributed by atoms with E-state index in [1.807, 2.05) is 31.4 Å². The fourth-order valence-corrected chi connectivity index (χ4v) is 6.29. The van der Waals surface area contributed by atoms with Crippen molar-refractivity contribution in [2.75, 3.05) is 23.9 Å². The van der Waals surface area contributed by atoms with Gasteiger partial charge in [-0.25, -0.2) is 27.8 Å².